The summed E-state index contributed by atoms with van der Waals surface area (Å²) >= 11 is 0. The van der Waals surface area contributed by atoms with E-state index in [1.54, 1.807) is 30.3 Å². The van der Waals surface area contributed by atoms with E-state index in [1.807, 2.05) is 53.4 Å². The fraction of sp³-hybridized carbons (Fsp3) is 0.321. The summed E-state index contributed by atoms with van der Waals surface area (Å²) in [6.45, 7) is 4.43. The molecule has 1 aliphatic heterocycles. The molecule has 182 valence electrons. The molecule has 1 aliphatic carbocycles. The third-order valence-electron chi connectivity index (χ3n) is 6.75. The number of amides is 1. The van der Waals surface area contributed by atoms with Gasteiger partial charge < -0.3 is 4.90 Å². The number of carbonyl (C=O) groups is 1. The van der Waals surface area contributed by atoms with E-state index in [0.717, 1.165) is 31.1 Å². The predicted octanol–water partition coefficient (Wildman–Crippen LogP) is 4.25. The van der Waals surface area contributed by atoms with Crippen molar-refractivity contribution < 1.29 is 13.2 Å². The molecule has 0 N–H and O–H groups in total. The number of benzene rings is 3. The maximum absolute atomic E-state index is 13.8. The van der Waals surface area contributed by atoms with Crippen molar-refractivity contribution in [1.82, 2.24) is 9.80 Å². The smallest absolute Gasteiger partial charge is 0.264 e. The van der Waals surface area contributed by atoms with Crippen LogP contribution in [0.15, 0.2) is 89.8 Å². The second-order valence-corrected chi connectivity index (χ2v) is 11.3. The standard InChI is InChI=1S/C28H31N3O3S/c32-28(30-18-16-29(17-19-30)21-24-14-15-24)25-10-7-13-27(20-25)35(33,34)31(26-11-5-2-6-12-26)22-23-8-3-1-4-9-23/h1-13,20,24H,14-19,21-22H2. The minimum absolute atomic E-state index is 0.109. The van der Waals surface area contributed by atoms with Crippen LogP contribution in [0.2, 0.25) is 0 Å². The highest BCUT2D eigenvalue weighted by molar-refractivity contribution is 7.92. The van der Waals surface area contributed by atoms with Crippen LogP contribution in [0.25, 0.3) is 0 Å². The lowest BCUT2D eigenvalue weighted by Crippen LogP contribution is -2.49. The number of hydrogen-bond donors (Lipinski definition) is 0. The van der Waals surface area contributed by atoms with Crippen LogP contribution in [0, 0.1) is 5.92 Å². The van der Waals surface area contributed by atoms with Crippen LogP contribution in [0.1, 0.15) is 28.8 Å². The Kier molecular flexibility index (Phi) is 6.88. The summed E-state index contributed by atoms with van der Waals surface area (Å²) < 4.78 is 29.1. The van der Waals surface area contributed by atoms with Crippen molar-refractivity contribution in [2.45, 2.75) is 24.3 Å². The molecular weight excluding hydrogens is 458 g/mol. The van der Waals surface area contributed by atoms with Crippen molar-refractivity contribution in [3.8, 4) is 0 Å². The van der Waals surface area contributed by atoms with Gasteiger partial charge in [-0.15, -0.1) is 0 Å². The number of anilines is 1. The highest BCUT2D eigenvalue weighted by atomic mass is 32.2. The van der Waals surface area contributed by atoms with E-state index in [4.69, 9.17) is 0 Å². The Labute approximate surface area is 207 Å². The van der Waals surface area contributed by atoms with Gasteiger partial charge in [0.05, 0.1) is 17.1 Å². The molecule has 0 bridgehead atoms. The van der Waals surface area contributed by atoms with Crippen LogP contribution in [-0.2, 0) is 16.6 Å². The topological polar surface area (TPSA) is 60.9 Å². The van der Waals surface area contributed by atoms with E-state index < -0.39 is 10.0 Å². The molecule has 3 aromatic rings. The molecule has 35 heavy (non-hydrogen) atoms. The average Bonchev–Trinajstić information content (AvgIpc) is 3.72. The van der Waals surface area contributed by atoms with Gasteiger partial charge in [-0.25, -0.2) is 8.42 Å². The number of rotatable bonds is 8. The lowest BCUT2D eigenvalue weighted by atomic mass is 10.2. The molecule has 1 heterocycles. The van der Waals surface area contributed by atoms with Gasteiger partial charge in [-0.3, -0.25) is 14.0 Å². The van der Waals surface area contributed by atoms with Gasteiger partial charge in [0.2, 0.25) is 0 Å². The molecule has 5 rings (SSSR count). The van der Waals surface area contributed by atoms with Crippen LogP contribution in [0.3, 0.4) is 0 Å². The number of sulfonamides is 1. The van der Waals surface area contributed by atoms with E-state index in [1.165, 1.54) is 23.2 Å². The van der Waals surface area contributed by atoms with Crippen LogP contribution >= 0.6 is 0 Å². The normalized spacial score (nSPS) is 16.7. The number of piperazine rings is 1. The van der Waals surface area contributed by atoms with E-state index >= 15 is 0 Å². The second-order valence-electron chi connectivity index (χ2n) is 9.40. The Hall–Kier alpha value is -3.16. The van der Waals surface area contributed by atoms with E-state index in [2.05, 4.69) is 4.90 Å². The molecule has 6 nitrogen and oxygen atoms in total. The molecule has 0 atom stereocenters. The minimum Gasteiger partial charge on any atom is -0.336 e. The first kappa shape index (κ1) is 23.6. The van der Waals surface area contributed by atoms with Crippen molar-refractivity contribution in [1.29, 1.82) is 0 Å². The maximum Gasteiger partial charge on any atom is 0.264 e. The molecule has 0 unspecified atom stereocenters. The molecule has 0 spiro atoms. The molecular formula is C28H31N3O3S. The van der Waals surface area contributed by atoms with Crippen LogP contribution in [0.5, 0.6) is 0 Å². The van der Waals surface area contributed by atoms with Crippen LogP contribution in [-0.4, -0.2) is 56.8 Å². The van der Waals surface area contributed by atoms with Crippen molar-refractivity contribution in [2.75, 3.05) is 37.0 Å². The minimum atomic E-state index is -3.90. The number of nitrogens with zero attached hydrogens (tertiary/aromatic N) is 3. The second kappa shape index (κ2) is 10.2. The summed E-state index contributed by atoms with van der Waals surface area (Å²) in [5.41, 5.74) is 1.88. The highest BCUT2D eigenvalue weighted by Crippen LogP contribution is 2.30. The van der Waals surface area contributed by atoms with Crippen LogP contribution in [0.4, 0.5) is 5.69 Å². The quantitative estimate of drug-likeness (QED) is 0.475. The van der Waals surface area contributed by atoms with Crippen molar-refractivity contribution in [3.63, 3.8) is 0 Å². The Bertz CT molecular complexity index is 1250. The van der Waals surface area contributed by atoms with E-state index in [0.29, 0.717) is 24.3 Å². The lowest BCUT2D eigenvalue weighted by molar-refractivity contribution is 0.0632. The van der Waals surface area contributed by atoms with Gasteiger partial charge in [0, 0.05) is 38.3 Å². The zero-order chi connectivity index (χ0) is 24.3. The molecule has 2 aliphatic rings. The Morgan fingerprint density at radius 3 is 2.14 bits per heavy atom. The molecule has 7 heteroatoms. The summed E-state index contributed by atoms with van der Waals surface area (Å²) in [7, 11) is -3.90. The first-order chi connectivity index (χ1) is 17.0. The van der Waals surface area contributed by atoms with Gasteiger partial charge in [0.15, 0.2) is 0 Å². The van der Waals surface area contributed by atoms with Gasteiger partial charge >= 0.3 is 0 Å². The van der Waals surface area contributed by atoms with E-state index in [-0.39, 0.29) is 17.3 Å². The average molecular weight is 490 g/mol. The van der Waals surface area contributed by atoms with Gasteiger partial charge in [0.25, 0.3) is 15.9 Å². The van der Waals surface area contributed by atoms with E-state index in [9.17, 15) is 13.2 Å². The molecule has 0 aromatic heterocycles. The molecule has 0 radical (unpaired) electrons. The predicted molar refractivity (Wildman–Crippen MR) is 138 cm³/mol. The summed E-state index contributed by atoms with van der Waals surface area (Å²) in [4.78, 5) is 17.6. The van der Waals surface area contributed by atoms with Crippen molar-refractivity contribution in [3.05, 3.63) is 96.1 Å². The SMILES string of the molecule is O=C(c1cccc(S(=O)(=O)N(Cc2ccccc2)c2ccccc2)c1)N1CCN(CC2CC2)CC1. The molecule has 1 amide bonds. The monoisotopic (exact) mass is 489 g/mol. The van der Waals surface area contributed by atoms with Gasteiger partial charge in [-0.1, -0.05) is 54.6 Å². The molecule has 1 saturated heterocycles. The number of para-hydroxylation sites is 1. The zero-order valence-corrected chi connectivity index (χ0v) is 20.6. The maximum atomic E-state index is 13.8. The fourth-order valence-electron chi connectivity index (χ4n) is 4.56. The Balaban J connectivity index is 1.37. The first-order valence-corrected chi connectivity index (χ1v) is 13.7. The summed E-state index contributed by atoms with van der Waals surface area (Å²) in [5.74, 6) is 0.727. The molecule has 3 aromatic carbocycles. The summed E-state index contributed by atoms with van der Waals surface area (Å²) in [6, 6.07) is 25.1. The van der Waals surface area contributed by atoms with Gasteiger partial charge in [0.1, 0.15) is 0 Å². The van der Waals surface area contributed by atoms with Gasteiger partial charge in [-0.2, -0.15) is 0 Å². The summed E-state index contributed by atoms with van der Waals surface area (Å²) in [6.07, 6.45) is 2.65. The Morgan fingerprint density at radius 2 is 1.49 bits per heavy atom. The van der Waals surface area contributed by atoms with Crippen molar-refractivity contribution >= 4 is 21.6 Å². The first-order valence-electron chi connectivity index (χ1n) is 12.2. The largest absolute Gasteiger partial charge is 0.336 e. The third-order valence-corrected chi connectivity index (χ3v) is 8.52. The fourth-order valence-corrected chi connectivity index (χ4v) is 6.06. The summed E-state index contributed by atoms with van der Waals surface area (Å²) in [5, 5.41) is 0. The molecule has 2 fully saturated rings. The lowest BCUT2D eigenvalue weighted by Gasteiger charge is -2.35. The molecule has 1 saturated carbocycles. The van der Waals surface area contributed by atoms with Gasteiger partial charge in [-0.05, 0) is 54.7 Å². The zero-order valence-electron chi connectivity index (χ0n) is 19.8. The highest BCUT2D eigenvalue weighted by Gasteiger charge is 2.29. The number of carbonyl (C=O) groups excluding carboxylic acids is 1. The number of hydrogen-bond acceptors (Lipinski definition) is 4. The Morgan fingerprint density at radius 1 is 0.829 bits per heavy atom. The van der Waals surface area contributed by atoms with Crippen molar-refractivity contribution in [2.24, 2.45) is 5.92 Å². The van der Waals surface area contributed by atoms with Crippen LogP contribution < -0.4 is 4.31 Å². The third kappa shape index (κ3) is 5.57.